The van der Waals surface area contributed by atoms with Crippen molar-refractivity contribution < 1.29 is 9.53 Å². The fourth-order valence-electron chi connectivity index (χ4n) is 2.40. The van der Waals surface area contributed by atoms with E-state index in [1.54, 1.807) is 0 Å². The lowest BCUT2D eigenvalue weighted by Crippen LogP contribution is -2.23. The van der Waals surface area contributed by atoms with Crippen LogP contribution in [-0.4, -0.2) is 19.1 Å². The quantitative estimate of drug-likeness (QED) is 0.548. The van der Waals surface area contributed by atoms with Crippen molar-refractivity contribution in [3.63, 3.8) is 0 Å². The summed E-state index contributed by atoms with van der Waals surface area (Å²) in [6.45, 7) is 0. The predicted octanol–water partition coefficient (Wildman–Crippen LogP) is 0.143. The number of methoxy groups -OCH3 is 1. The molecule has 0 aromatic heterocycles. The van der Waals surface area contributed by atoms with Gasteiger partial charge in [-0.2, -0.15) is 0 Å². The molecule has 0 spiro atoms. The molecular weight excluding hydrogens is 142 g/mol. The molecule has 11 heavy (non-hydrogen) atoms. The SMILES string of the molecule is COC(=O)[C@H]1[C@@H]2CCC(N)[C@@H]21. The molecule has 2 rings (SSSR count). The van der Waals surface area contributed by atoms with Crippen LogP contribution in [0.1, 0.15) is 12.8 Å². The molecule has 2 saturated carbocycles. The smallest absolute Gasteiger partial charge is 0.309 e. The molecule has 0 bridgehead atoms. The minimum absolute atomic E-state index is 0.0600. The van der Waals surface area contributed by atoms with Crippen LogP contribution in [0.15, 0.2) is 0 Å². The summed E-state index contributed by atoms with van der Waals surface area (Å²) in [6, 6.07) is 0.254. The molecule has 2 aliphatic carbocycles. The molecular formula is C8H13NO2. The lowest BCUT2D eigenvalue weighted by atomic mass is 10.1. The number of carbonyl (C=O) groups excluding carboxylic acids is 1. The second-order valence-corrected chi connectivity index (χ2v) is 3.53. The highest BCUT2D eigenvalue weighted by atomic mass is 16.5. The van der Waals surface area contributed by atoms with Gasteiger partial charge in [0.1, 0.15) is 0 Å². The first-order valence-corrected chi connectivity index (χ1v) is 4.09. The fraction of sp³-hybridized carbons (Fsp3) is 0.875. The Labute approximate surface area is 65.9 Å². The van der Waals surface area contributed by atoms with Gasteiger partial charge in [-0.3, -0.25) is 4.79 Å². The van der Waals surface area contributed by atoms with Crippen molar-refractivity contribution >= 4 is 5.97 Å². The van der Waals surface area contributed by atoms with E-state index < -0.39 is 0 Å². The molecule has 0 aliphatic heterocycles. The van der Waals surface area contributed by atoms with Crippen molar-refractivity contribution in [3.8, 4) is 0 Å². The third-order valence-corrected chi connectivity index (χ3v) is 3.03. The molecule has 0 heterocycles. The predicted molar refractivity (Wildman–Crippen MR) is 39.7 cm³/mol. The van der Waals surface area contributed by atoms with Crippen LogP contribution >= 0.6 is 0 Å². The molecule has 4 atom stereocenters. The molecule has 62 valence electrons. The summed E-state index contributed by atoms with van der Waals surface area (Å²) >= 11 is 0. The number of rotatable bonds is 1. The molecule has 3 heteroatoms. The zero-order valence-electron chi connectivity index (χ0n) is 6.62. The maximum atomic E-state index is 11.1. The van der Waals surface area contributed by atoms with Crippen LogP contribution in [0.4, 0.5) is 0 Å². The molecule has 1 unspecified atom stereocenters. The van der Waals surface area contributed by atoms with Crippen molar-refractivity contribution in [3.05, 3.63) is 0 Å². The van der Waals surface area contributed by atoms with E-state index in [9.17, 15) is 4.79 Å². The Kier molecular flexibility index (Phi) is 1.42. The maximum Gasteiger partial charge on any atom is 0.309 e. The Hall–Kier alpha value is -0.570. The summed E-state index contributed by atoms with van der Waals surface area (Å²) in [5.41, 5.74) is 5.80. The van der Waals surface area contributed by atoms with Crippen LogP contribution in [0.3, 0.4) is 0 Å². The monoisotopic (exact) mass is 155 g/mol. The van der Waals surface area contributed by atoms with Gasteiger partial charge in [-0.25, -0.2) is 0 Å². The first kappa shape index (κ1) is 7.10. The highest BCUT2D eigenvalue weighted by Gasteiger charge is 2.61. The van der Waals surface area contributed by atoms with Gasteiger partial charge in [-0.05, 0) is 24.7 Å². The average Bonchev–Trinajstić information content (AvgIpc) is 2.63. The van der Waals surface area contributed by atoms with Gasteiger partial charge in [0.2, 0.25) is 0 Å². The number of carbonyl (C=O) groups is 1. The Morgan fingerprint density at radius 3 is 2.73 bits per heavy atom. The summed E-state index contributed by atoms with van der Waals surface area (Å²) in [5, 5.41) is 0. The van der Waals surface area contributed by atoms with Crippen LogP contribution in [-0.2, 0) is 9.53 Å². The normalized spacial score (nSPS) is 46.7. The van der Waals surface area contributed by atoms with Gasteiger partial charge >= 0.3 is 5.97 Å². The fourth-order valence-corrected chi connectivity index (χ4v) is 2.40. The summed E-state index contributed by atoms with van der Waals surface area (Å²) in [6.07, 6.45) is 2.20. The number of nitrogens with two attached hydrogens (primary N) is 1. The largest absolute Gasteiger partial charge is 0.469 e. The molecule has 0 saturated heterocycles. The summed E-state index contributed by atoms with van der Waals surface area (Å²) in [5.74, 6) is 1.08. The van der Waals surface area contributed by atoms with E-state index >= 15 is 0 Å². The van der Waals surface area contributed by atoms with Crippen LogP contribution in [0.5, 0.6) is 0 Å². The van der Waals surface area contributed by atoms with E-state index in [1.165, 1.54) is 7.11 Å². The highest BCUT2D eigenvalue weighted by molar-refractivity contribution is 5.76. The number of esters is 1. The molecule has 2 aliphatic rings. The zero-order valence-corrected chi connectivity index (χ0v) is 6.62. The van der Waals surface area contributed by atoms with Crippen LogP contribution in [0.25, 0.3) is 0 Å². The Morgan fingerprint density at radius 1 is 1.55 bits per heavy atom. The van der Waals surface area contributed by atoms with E-state index in [-0.39, 0.29) is 17.9 Å². The third-order valence-electron chi connectivity index (χ3n) is 3.03. The first-order chi connectivity index (χ1) is 5.25. The summed E-state index contributed by atoms with van der Waals surface area (Å²) in [7, 11) is 1.45. The average molecular weight is 155 g/mol. The van der Waals surface area contributed by atoms with Gasteiger partial charge in [-0.1, -0.05) is 0 Å². The van der Waals surface area contributed by atoms with E-state index in [0.29, 0.717) is 11.8 Å². The van der Waals surface area contributed by atoms with Gasteiger partial charge in [0.15, 0.2) is 0 Å². The van der Waals surface area contributed by atoms with E-state index in [4.69, 9.17) is 5.73 Å². The van der Waals surface area contributed by atoms with Crippen molar-refractivity contribution in [2.75, 3.05) is 7.11 Å². The van der Waals surface area contributed by atoms with Gasteiger partial charge < -0.3 is 10.5 Å². The molecule has 0 radical (unpaired) electrons. The Morgan fingerprint density at radius 2 is 2.27 bits per heavy atom. The van der Waals surface area contributed by atoms with Crippen molar-refractivity contribution in [1.82, 2.24) is 0 Å². The van der Waals surface area contributed by atoms with Crippen LogP contribution in [0, 0.1) is 17.8 Å². The van der Waals surface area contributed by atoms with Gasteiger partial charge in [-0.15, -0.1) is 0 Å². The van der Waals surface area contributed by atoms with Crippen molar-refractivity contribution in [2.24, 2.45) is 23.5 Å². The number of ether oxygens (including phenoxy) is 1. The standard InChI is InChI=1S/C8H13NO2/c1-11-8(10)7-4-2-3-5(9)6(4)7/h4-7H,2-3,9H2,1H3/t4-,5?,6-,7+/m1/s1. The molecule has 0 aromatic rings. The third kappa shape index (κ3) is 0.872. The van der Waals surface area contributed by atoms with E-state index in [1.807, 2.05) is 0 Å². The molecule has 0 amide bonds. The Balaban J connectivity index is 1.99. The first-order valence-electron chi connectivity index (χ1n) is 4.09. The van der Waals surface area contributed by atoms with E-state index in [0.717, 1.165) is 12.8 Å². The molecule has 3 nitrogen and oxygen atoms in total. The minimum Gasteiger partial charge on any atom is -0.469 e. The van der Waals surface area contributed by atoms with E-state index in [2.05, 4.69) is 4.74 Å². The maximum absolute atomic E-state index is 11.1. The van der Waals surface area contributed by atoms with Crippen LogP contribution < -0.4 is 5.73 Å². The highest BCUT2D eigenvalue weighted by Crippen LogP contribution is 2.57. The van der Waals surface area contributed by atoms with Crippen LogP contribution in [0.2, 0.25) is 0 Å². The number of hydrogen-bond donors (Lipinski definition) is 1. The minimum atomic E-state index is -0.0600. The summed E-state index contributed by atoms with van der Waals surface area (Å²) < 4.78 is 4.66. The van der Waals surface area contributed by atoms with Gasteiger partial charge in [0, 0.05) is 6.04 Å². The topological polar surface area (TPSA) is 52.3 Å². The number of hydrogen-bond acceptors (Lipinski definition) is 3. The molecule has 0 aromatic carbocycles. The second-order valence-electron chi connectivity index (χ2n) is 3.53. The van der Waals surface area contributed by atoms with Gasteiger partial charge in [0.25, 0.3) is 0 Å². The van der Waals surface area contributed by atoms with Gasteiger partial charge in [0.05, 0.1) is 13.0 Å². The molecule has 2 fully saturated rings. The van der Waals surface area contributed by atoms with Crippen molar-refractivity contribution in [1.29, 1.82) is 0 Å². The van der Waals surface area contributed by atoms with Crippen molar-refractivity contribution in [2.45, 2.75) is 18.9 Å². The number of fused-ring (bicyclic) bond motifs is 1. The second kappa shape index (κ2) is 2.21. The molecule has 2 N–H and O–H groups in total. The lowest BCUT2D eigenvalue weighted by molar-refractivity contribution is -0.143. The lowest BCUT2D eigenvalue weighted by Gasteiger charge is -2.06. The summed E-state index contributed by atoms with van der Waals surface area (Å²) in [4.78, 5) is 11.1. The Bertz CT molecular complexity index is 193. The zero-order chi connectivity index (χ0) is 8.01.